The number of aromatic nitrogens is 1. The lowest BCUT2D eigenvalue weighted by molar-refractivity contribution is -0.152. The summed E-state index contributed by atoms with van der Waals surface area (Å²) in [4.78, 5) is 25.7. The molecule has 1 aliphatic heterocycles. The van der Waals surface area contributed by atoms with Crippen LogP contribution >= 0.6 is 0 Å². The van der Waals surface area contributed by atoms with Gasteiger partial charge in [0.05, 0.1) is 12.3 Å². The summed E-state index contributed by atoms with van der Waals surface area (Å²) >= 11 is 0. The van der Waals surface area contributed by atoms with Crippen LogP contribution in [0, 0.1) is 0 Å². The maximum absolute atomic E-state index is 11.1. The number of carbonyl (C=O) groups excluding carboxylic acids is 2. The van der Waals surface area contributed by atoms with Crippen molar-refractivity contribution in [2.75, 3.05) is 0 Å². The molecule has 0 bridgehead atoms. The Balaban J connectivity index is 2.28. The van der Waals surface area contributed by atoms with Crippen LogP contribution in [0.3, 0.4) is 0 Å². The third kappa shape index (κ3) is 1.42. The monoisotopic (exact) mass is 177 g/mol. The number of nitrogens with zero attached hydrogens (tertiary/aromatic N) is 1. The molecule has 66 valence electrons. The molecule has 1 atom stereocenters. The highest BCUT2D eigenvalue weighted by molar-refractivity contribution is 5.97. The first-order valence-corrected chi connectivity index (χ1v) is 3.92. The Bertz CT molecular complexity index is 347. The summed E-state index contributed by atoms with van der Waals surface area (Å²) in [5, 5.41) is 0. The third-order valence-corrected chi connectivity index (χ3v) is 1.98. The molecule has 2 heterocycles. The van der Waals surface area contributed by atoms with Crippen molar-refractivity contribution in [3.8, 4) is 0 Å². The van der Waals surface area contributed by atoms with Crippen LogP contribution in [0.5, 0.6) is 0 Å². The molecule has 13 heavy (non-hydrogen) atoms. The van der Waals surface area contributed by atoms with E-state index in [9.17, 15) is 9.59 Å². The molecule has 4 nitrogen and oxygen atoms in total. The smallest absolute Gasteiger partial charge is 0.321 e. The fourth-order valence-corrected chi connectivity index (χ4v) is 1.32. The third-order valence-electron chi connectivity index (χ3n) is 1.98. The van der Waals surface area contributed by atoms with E-state index in [1.807, 2.05) is 0 Å². The Kier molecular flexibility index (Phi) is 1.81. The summed E-state index contributed by atoms with van der Waals surface area (Å²) in [5.74, 6) is -1.35. The number of hydrogen-bond donors (Lipinski definition) is 0. The van der Waals surface area contributed by atoms with Gasteiger partial charge in [0.15, 0.2) is 0 Å². The number of cyclic esters (lactones) is 2. The van der Waals surface area contributed by atoms with Gasteiger partial charge in [-0.3, -0.25) is 14.6 Å². The van der Waals surface area contributed by atoms with Gasteiger partial charge in [0.2, 0.25) is 0 Å². The van der Waals surface area contributed by atoms with Crippen molar-refractivity contribution in [2.45, 2.75) is 12.3 Å². The van der Waals surface area contributed by atoms with Crippen molar-refractivity contribution in [3.63, 3.8) is 0 Å². The highest BCUT2D eigenvalue weighted by atomic mass is 16.6. The van der Waals surface area contributed by atoms with E-state index < -0.39 is 17.9 Å². The molecule has 2 rings (SSSR count). The zero-order chi connectivity index (χ0) is 9.26. The fraction of sp³-hybridized carbons (Fsp3) is 0.222. The number of ether oxygens (including phenoxy) is 1. The quantitative estimate of drug-likeness (QED) is 0.466. The highest BCUT2D eigenvalue weighted by Crippen LogP contribution is 2.26. The lowest BCUT2D eigenvalue weighted by Crippen LogP contribution is -2.05. The Labute approximate surface area is 74.5 Å². The minimum atomic E-state index is -0.462. The summed E-state index contributed by atoms with van der Waals surface area (Å²) < 4.78 is 4.43. The topological polar surface area (TPSA) is 56.3 Å². The molecule has 0 aliphatic carbocycles. The molecule has 0 amide bonds. The number of esters is 2. The van der Waals surface area contributed by atoms with Crippen molar-refractivity contribution in [1.29, 1.82) is 0 Å². The van der Waals surface area contributed by atoms with Crippen molar-refractivity contribution in [1.82, 2.24) is 4.98 Å². The largest absolute Gasteiger partial charge is 0.393 e. The average Bonchev–Trinajstić information content (AvgIpc) is 2.47. The molecular weight excluding hydrogens is 170 g/mol. The molecule has 4 heteroatoms. The first-order chi connectivity index (χ1) is 6.27. The number of carbonyl (C=O) groups is 2. The van der Waals surface area contributed by atoms with Gasteiger partial charge in [-0.1, -0.05) is 0 Å². The summed E-state index contributed by atoms with van der Waals surface area (Å²) in [6.45, 7) is 0. The first-order valence-electron chi connectivity index (χ1n) is 3.92. The van der Waals surface area contributed by atoms with Gasteiger partial charge in [0.1, 0.15) is 0 Å². The maximum atomic E-state index is 11.1. The number of hydrogen-bond acceptors (Lipinski definition) is 4. The molecule has 1 aromatic heterocycles. The van der Waals surface area contributed by atoms with E-state index in [0.717, 1.165) is 5.56 Å². The van der Waals surface area contributed by atoms with E-state index in [1.165, 1.54) is 0 Å². The molecule has 0 saturated carbocycles. The van der Waals surface area contributed by atoms with Gasteiger partial charge in [0.25, 0.3) is 0 Å². The van der Waals surface area contributed by atoms with Crippen molar-refractivity contribution in [2.24, 2.45) is 0 Å². The van der Waals surface area contributed by atoms with E-state index >= 15 is 0 Å². The van der Waals surface area contributed by atoms with Crippen molar-refractivity contribution in [3.05, 3.63) is 30.1 Å². The SMILES string of the molecule is O=C1CC(c2ccncc2)C(=O)O1. The summed E-state index contributed by atoms with van der Waals surface area (Å²) in [6, 6.07) is 3.43. The normalized spacial score (nSPS) is 21.7. The van der Waals surface area contributed by atoms with Crippen LogP contribution in [0.15, 0.2) is 24.5 Å². The van der Waals surface area contributed by atoms with Gasteiger partial charge >= 0.3 is 11.9 Å². The molecule has 0 aromatic carbocycles. The second-order valence-electron chi connectivity index (χ2n) is 2.83. The molecule has 1 fully saturated rings. The minimum Gasteiger partial charge on any atom is -0.393 e. The minimum absolute atomic E-state index is 0.142. The van der Waals surface area contributed by atoms with E-state index in [-0.39, 0.29) is 6.42 Å². The maximum Gasteiger partial charge on any atom is 0.321 e. The van der Waals surface area contributed by atoms with Gasteiger partial charge in [-0.05, 0) is 17.7 Å². The molecule has 1 aromatic rings. The molecule has 0 spiro atoms. The van der Waals surface area contributed by atoms with E-state index in [1.54, 1.807) is 24.5 Å². The number of pyridine rings is 1. The Hall–Kier alpha value is -1.71. The lowest BCUT2D eigenvalue weighted by atomic mass is 9.99. The fourth-order valence-electron chi connectivity index (χ4n) is 1.32. The average molecular weight is 177 g/mol. The molecular formula is C9H7NO3. The molecule has 1 saturated heterocycles. The standard InChI is InChI=1S/C9H7NO3/c11-8-5-7(9(12)13-8)6-1-3-10-4-2-6/h1-4,7H,5H2. The zero-order valence-corrected chi connectivity index (χ0v) is 6.77. The molecule has 0 radical (unpaired) electrons. The Morgan fingerprint density at radius 1 is 1.31 bits per heavy atom. The van der Waals surface area contributed by atoms with Crippen LogP contribution in [0.4, 0.5) is 0 Å². The lowest BCUT2D eigenvalue weighted by Gasteiger charge is -2.02. The van der Waals surface area contributed by atoms with E-state index in [2.05, 4.69) is 9.72 Å². The van der Waals surface area contributed by atoms with Crippen molar-refractivity contribution >= 4 is 11.9 Å². The number of rotatable bonds is 1. The predicted octanol–water partition coefficient (Wildman–Crippen LogP) is 0.639. The van der Waals surface area contributed by atoms with Gasteiger partial charge in [-0.2, -0.15) is 0 Å². The summed E-state index contributed by atoms with van der Waals surface area (Å²) in [5.41, 5.74) is 0.783. The highest BCUT2D eigenvalue weighted by Gasteiger charge is 2.34. The summed E-state index contributed by atoms with van der Waals surface area (Å²) in [6.07, 6.45) is 3.32. The Morgan fingerprint density at radius 2 is 2.00 bits per heavy atom. The van der Waals surface area contributed by atoms with E-state index in [4.69, 9.17) is 0 Å². The predicted molar refractivity (Wildman–Crippen MR) is 42.7 cm³/mol. The van der Waals surface area contributed by atoms with Gasteiger partial charge in [-0.25, -0.2) is 0 Å². The van der Waals surface area contributed by atoms with Gasteiger partial charge < -0.3 is 4.74 Å². The molecule has 1 unspecified atom stereocenters. The molecule has 0 N–H and O–H groups in total. The first kappa shape index (κ1) is 7.91. The van der Waals surface area contributed by atoms with E-state index in [0.29, 0.717) is 0 Å². The van der Waals surface area contributed by atoms with Gasteiger partial charge in [0, 0.05) is 12.4 Å². The van der Waals surface area contributed by atoms with Crippen LogP contribution in [-0.2, 0) is 14.3 Å². The van der Waals surface area contributed by atoms with Crippen molar-refractivity contribution < 1.29 is 14.3 Å². The second-order valence-corrected chi connectivity index (χ2v) is 2.83. The van der Waals surface area contributed by atoms with Crippen LogP contribution in [0.1, 0.15) is 17.9 Å². The van der Waals surface area contributed by atoms with Crippen LogP contribution in [-0.4, -0.2) is 16.9 Å². The zero-order valence-electron chi connectivity index (χ0n) is 6.77. The Morgan fingerprint density at radius 3 is 2.54 bits per heavy atom. The van der Waals surface area contributed by atoms with Crippen LogP contribution in [0.2, 0.25) is 0 Å². The summed E-state index contributed by atoms with van der Waals surface area (Å²) in [7, 11) is 0. The van der Waals surface area contributed by atoms with Crippen LogP contribution in [0.25, 0.3) is 0 Å². The van der Waals surface area contributed by atoms with Gasteiger partial charge in [-0.15, -0.1) is 0 Å². The molecule has 1 aliphatic rings. The second kappa shape index (κ2) is 2.97. The van der Waals surface area contributed by atoms with Crippen LogP contribution < -0.4 is 0 Å².